The third kappa shape index (κ3) is 3.35. The third-order valence-corrected chi connectivity index (χ3v) is 7.63. The monoisotopic (exact) mass is 402 g/mol. The van der Waals surface area contributed by atoms with Crippen molar-refractivity contribution in [2.24, 2.45) is 0 Å². The Bertz CT molecular complexity index is 933. The van der Waals surface area contributed by atoms with Gasteiger partial charge in [0.1, 0.15) is 16.7 Å². The van der Waals surface area contributed by atoms with Gasteiger partial charge in [0.15, 0.2) is 0 Å². The molecule has 1 aromatic carbocycles. The number of hydrogen-bond acceptors (Lipinski definition) is 6. The Morgan fingerprint density at radius 1 is 1.11 bits per heavy atom. The first-order chi connectivity index (χ1) is 13.5. The predicted octanol–water partition coefficient (Wildman–Crippen LogP) is 2.48. The van der Waals surface area contributed by atoms with Gasteiger partial charge >= 0.3 is 0 Å². The van der Waals surface area contributed by atoms with E-state index >= 15 is 0 Å². The van der Waals surface area contributed by atoms with E-state index in [2.05, 4.69) is 21.8 Å². The van der Waals surface area contributed by atoms with Crippen molar-refractivity contribution in [3.05, 3.63) is 42.2 Å². The molecule has 1 aromatic heterocycles. The van der Waals surface area contributed by atoms with Gasteiger partial charge in [-0.15, -0.1) is 0 Å². The standard InChI is InChI=1S/C20H26N4O3S/c1-3-15-13-21-20(22-14-15)23-11-9-16-17(10-12-23)27-18-7-5-6-8-19(18)28(25,26)24(16)4-2/h5-8,13-14,16-17H,3-4,9-12H2,1-2H3/t16-,17-/m1/s1. The molecule has 2 aliphatic heterocycles. The van der Waals surface area contributed by atoms with Crippen LogP contribution in [0.5, 0.6) is 5.75 Å². The lowest BCUT2D eigenvalue weighted by Gasteiger charge is -2.30. The number of likely N-dealkylation sites (N-methyl/N-ethyl adjacent to an activating group) is 1. The molecule has 2 atom stereocenters. The maximum atomic E-state index is 13.3. The second-order valence-corrected chi connectivity index (χ2v) is 9.05. The molecule has 1 saturated heterocycles. The van der Waals surface area contributed by atoms with Gasteiger partial charge in [0.05, 0.1) is 6.04 Å². The number of sulfonamides is 1. The van der Waals surface area contributed by atoms with Gasteiger partial charge in [0, 0.05) is 38.4 Å². The minimum Gasteiger partial charge on any atom is -0.487 e. The summed E-state index contributed by atoms with van der Waals surface area (Å²) < 4.78 is 34.4. The molecule has 1 fully saturated rings. The molecule has 0 radical (unpaired) electrons. The molecule has 2 aromatic rings. The van der Waals surface area contributed by atoms with Crippen LogP contribution in [0.1, 0.15) is 32.3 Å². The second-order valence-electron chi connectivity index (χ2n) is 7.19. The van der Waals surface area contributed by atoms with Crippen LogP contribution in [-0.4, -0.2) is 54.5 Å². The molecule has 0 spiro atoms. The quantitative estimate of drug-likeness (QED) is 0.785. The van der Waals surface area contributed by atoms with Crippen LogP contribution >= 0.6 is 0 Å². The summed E-state index contributed by atoms with van der Waals surface area (Å²) in [6.45, 7) is 5.80. The molecule has 150 valence electrons. The lowest BCUT2D eigenvalue weighted by atomic mass is 10.1. The molecule has 0 bridgehead atoms. The zero-order valence-corrected chi connectivity index (χ0v) is 17.1. The molecular weight excluding hydrogens is 376 g/mol. The minimum atomic E-state index is -3.59. The third-order valence-electron chi connectivity index (χ3n) is 5.59. The molecule has 0 amide bonds. The van der Waals surface area contributed by atoms with Crippen LogP contribution in [0.3, 0.4) is 0 Å². The Labute approximate surface area is 166 Å². The number of nitrogens with zero attached hydrogens (tertiary/aromatic N) is 4. The van der Waals surface area contributed by atoms with Crippen LogP contribution in [0.4, 0.5) is 5.95 Å². The van der Waals surface area contributed by atoms with E-state index in [1.807, 2.05) is 25.4 Å². The van der Waals surface area contributed by atoms with Gasteiger partial charge < -0.3 is 9.64 Å². The average Bonchev–Trinajstić information content (AvgIpc) is 2.96. The summed E-state index contributed by atoms with van der Waals surface area (Å²) in [6, 6.07) is 6.74. The fourth-order valence-electron chi connectivity index (χ4n) is 4.05. The Hall–Kier alpha value is -2.19. The van der Waals surface area contributed by atoms with Crippen LogP contribution in [0.15, 0.2) is 41.6 Å². The molecular formula is C20H26N4O3S. The van der Waals surface area contributed by atoms with Crippen molar-refractivity contribution in [2.75, 3.05) is 24.5 Å². The van der Waals surface area contributed by atoms with Crippen molar-refractivity contribution < 1.29 is 13.2 Å². The maximum Gasteiger partial charge on any atom is 0.247 e. The fourth-order valence-corrected chi connectivity index (χ4v) is 5.87. The van der Waals surface area contributed by atoms with Gasteiger partial charge in [0.2, 0.25) is 16.0 Å². The number of aromatic nitrogens is 2. The van der Waals surface area contributed by atoms with Crippen molar-refractivity contribution >= 4 is 16.0 Å². The molecule has 7 nitrogen and oxygen atoms in total. The van der Waals surface area contributed by atoms with Crippen molar-refractivity contribution in [3.8, 4) is 5.75 Å². The molecule has 0 aliphatic carbocycles. The molecule has 28 heavy (non-hydrogen) atoms. The van der Waals surface area contributed by atoms with E-state index in [0.29, 0.717) is 37.6 Å². The first-order valence-electron chi connectivity index (χ1n) is 9.88. The SMILES string of the molecule is CCc1cnc(N2CC[C@@H]3[C@@H](CC2)Oc2ccccc2S(=O)(=O)N3CC)nc1. The van der Waals surface area contributed by atoms with Crippen molar-refractivity contribution in [3.63, 3.8) is 0 Å². The van der Waals surface area contributed by atoms with Gasteiger partial charge in [-0.1, -0.05) is 26.0 Å². The predicted molar refractivity (Wildman–Crippen MR) is 107 cm³/mol. The Balaban J connectivity index is 1.64. The Morgan fingerprint density at radius 3 is 2.54 bits per heavy atom. The average molecular weight is 403 g/mol. The van der Waals surface area contributed by atoms with Gasteiger partial charge in [-0.25, -0.2) is 18.4 Å². The topological polar surface area (TPSA) is 75.6 Å². The van der Waals surface area contributed by atoms with Crippen molar-refractivity contribution in [1.29, 1.82) is 0 Å². The molecule has 0 unspecified atom stereocenters. The summed E-state index contributed by atoms with van der Waals surface area (Å²) in [5.74, 6) is 1.14. The van der Waals surface area contributed by atoms with Crippen molar-refractivity contribution in [2.45, 2.75) is 50.2 Å². The summed E-state index contributed by atoms with van der Waals surface area (Å²) in [4.78, 5) is 11.4. The first-order valence-corrected chi connectivity index (χ1v) is 11.3. The van der Waals surface area contributed by atoms with E-state index in [1.54, 1.807) is 22.5 Å². The number of aryl methyl sites for hydroxylation is 1. The summed E-state index contributed by atoms with van der Waals surface area (Å²) in [5, 5.41) is 0. The minimum absolute atomic E-state index is 0.196. The highest BCUT2D eigenvalue weighted by molar-refractivity contribution is 7.89. The zero-order valence-electron chi connectivity index (χ0n) is 16.3. The van der Waals surface area contributed by atoms with Crippen LogP contribution in [0, 0.1) is 0 Å². The fraction of sp³-hybridized carbons (Fsp3) is 0.500. The van der Waals surface area contributed by atoms with Gasteiger partial charge in [-0.2, -0.15) is 4.31 Å². The zero-order chi connectivity index (χ0) is 19.7. The molecule has 4 rings (SSSR count). The molecule has 0 saturated carbocycles. The van der Waals surface area contributed by atoms with Crippen LogP contribution in [-0.2, 0) is 16.4 Å². The van der Waals surface area contributed by atoms with E-state index in [4.69, 9.17) is 4.74 Å². The van der Waals surface area contributed by atoms with E-state index in [0.717, 1.165) is 18.5 Å². The largest absolute Gasteiger partial charge is 0.487 e. The maximum absolute atomic E-state index is 13.3. The summed E-state index contributed by atoms with van der Waals surface area (Å²) >= 11 is 0. The first kappa shape index (κ1) is 19.1. The summed E-state index contributed by atoms with van der Waals surface area (Å²) in [6.07, 6.45) is 5.82. The molecule has 2 aliphatic rings. The highest BCUT2D eigenvalue weighted by Crippen LogP contribution is 2.36. The normalized spacial score (nSPS) is 24.4. The van der Waals surface area contributed by atoms with Crippen molar-refractivity contribution in [1.82, 2.24) is 14.3 Å². The van der Waals surface area contributed by atoms with E-state index in [9.17, 15) is 8.42 Å². The highest BCUT2D eigenvalue weighted by atomic mass is 32.2. The number of fused-ring (bicyclic) bond motifs is 2. The number of anilines is 1. The van der Waals surface area contributed by atoms with E-state index in [1.165, 1.54) is 0 Å². The van der Waals surface area contributed by atoms with Crippen LogP contribution in [0.2, 0.25) is 0 Å². The number of ether oxygens (including phenoxy) is 1. The van der Waals surface area contributed by atoms with Crippen LogP contribution in [0.25, 0.3) is 0 Å². The smallest absolute Gasteiger partial charge is 0.247 e. The molecule has 0 N–H and O–H groups in total. The summed E-state index contributed by atoms with van der Waals surface area (Å²) in [7, 11) is -3.59. The Kier molecular flexibility index (Phi) is 5.25. The molecule has 8 heteroatoms. The lowest BCUT2D eigenvalue weighted by Crippen LogP contribution is -2.46. The number of benzene rings is 1. The van der Waals surface area contributed by atoms with Gasteiger partial charge in [-0.3, -0.25) is 0 Å². The van der Waals surface area contributed by atoms with Gasteiger partial charge in [-0.05, 0) is 30.5 Å². The van der Waals surface area contributed by atoms with Gasteiger partial charge in [0.25, 0.3) is 0 Å². The number of para-hydroxylation sites is 1. The lowest BCUT2D eigenvalue weighted by molar-refractivity contribution is 0.115. The van der Waals surface area contributed by atoms with Crippen LogP contribution < -0.4 is 9.64 Å². The van der Waals surface area contributed by atoms with E-state index < -0.39 is 10.0 Å². The number of hydrogen-bond donors (Lipinski definition) is 0. The second kappa shape index (κ2) is 7.67. The number of rotatable bonds is 3. The van der Waals surface area contributed by atoms with E-state index in [-0.39, 0.29) is 17.0 Å². The summed E-state index contributed by atoms with van der Waals surface area (Å²) in [5.41, 5.74) is 1.10. The molecule has 3 heterocycles. The Morgan fingerprint density at radius 2 is 1.82 bits per heavy atom. The highest BCUT2D eigenvalue weighted by Gasteiger charge is 2.42.